The van der Waals surface area contributed by atoms with Crippen LogP contribution in [-0.4, -0.2) is 227 Å². The Kier molecular flexibility index (Phi) is 29.4. The van der Waals surface area contributed by atoms with E-state index >= 15 is 0 Å². The third-order valence-corrected chi connectivity index (χ3v) is 18.5. The molecule has 11 amide bonds. The zero-order valence-electron chi connectivity index (χ0n) is 54.2. The lowest BCUT2D eigenvalue weighted by molar-refractivity contribution is -0.149. The van der Waals surface area contributed by atoms with E-state index in [1.807, 2.05) is 34.6 Å². The second-order valence-corrected chi connectivity index (χ2v) is 27.5. The van der Waals surface area contributed by atoms with Crippen molar-refractivity contribution in [3.8, 4) is 0 Å². The summed E-state index contributed by atoms with van der Waals surface area (Å²) in [6, 6.07) is -7.33. The number of hydrogen-bond acceptors (Lipinski definition) is 11. The highest BCUT2D eigenvalue weighted by Gasteiger charge is 2.42. The van der Waals surface area contributed by atoms with Gasteiger partial charge in [-0.2, -0.15) is 0 Å². The van der Waals surface area contributed by atoms with Crippen molar-refractivity contribution in [1.29, 1.82) is 0 Å². The lowest BCUT2D eigenvalue weighted by Crippen LogP contribution is -2.63. The van der Waals surface area contributed by atoms with Crippen molar-refractivity contribution in [2.24, 2.45) is 29.6 Å². The third kappa shape index (κ3) is 22.1. The molecule has 3 rings (SSSR count). The summed E-state index contributed by atoms with van der Waals surface area (Å²) in [6.45, 7) is 15.9. The van der Waals surface area contributed by atoms with Crippen LogP contribution in [0.4, 0.5) is 0 Å². The minimum atomic E-state index is -1.62. The van der Waals surface area contributed by atoms with Crippen LogP contribution in [0.1, 0.15) is 166 Å². The van der Waals surface area contributed by atoms with E-state index in [1.54, 1.807) is 13.8 Å². The summed E-state index contributed by atoms with van der Waals surface area (Å²) in [7, 11) is 10.1. The molecule has 0 radical (unpaired) electrons. The fourth-order valence-corrected chi connectivity index (χ4v) is 12.0. The van der Waals surface area contributed by atoms with Gasteiger partial charge in [0.15, 0.2) is 0 Å². The predicted octanol–water partition coefficient (Wildman–Crippen LogP) is 4.37. The molecule has 2 saturated carbocycles. The van der Waals surface area contributed by atoms with E-state index in [4.69, 9.17) is 23.2 Å². The number of carbonyl (C=O) groups is 11. The molecule has 0 aromatic rings. The van der Waals surface area contributed by atoms with Crippen molar-refractivity contribution in [3.05, 3.63) is 0 Å². The quantitative estimate of drug-likeness (QED) is 0.211. The molecule has 1 saturated heterocycles. The molecule has 1 aliphatic heterocycles. The second kappa shape index (κ2) is 33.8. The van der Waals surface area contributed by atoms with Gasteiger partial charge < -0.3 is 55.6 Å². The Balaban J connectivity index is 2.14. The van der Waals surface area contributed by atoms with E-state index in [1.165, 1.54) is 99.5 Å². The van der Waals surface area contributed by atoms with Crippen molar-refractivity contribution < 1.29 is 52.7 Å². The van der Waals surface area contributed by atoms with Crippen LogP contribution >= 0.6 is 23.2 Å². The number of hydrogen-bond donors (Lipinski definition) is 4. The molecular weight excluding hydrogens is 1130 g/mol. The van der Waals surface area contributed by atoms with Crippen LogP contribution in [0, 0.1) is 29.6 Å². The maximum Gasteiger partial charge on any atom is 0.248 e. The van der Waals surface area contributed by atoms with E-state index in [0.717, 1.165) is 30.6 Å². The molecule has 22 nitrogen and oxygen atoms in total. The van der Waals surface area contributed by atoms with Gasteiger partial charge in [0.1, 0.15) is 41.8 Å². The molecule has 85 heavy (non-hydrogen) atoms. The fourth-order valence-electron chi connectivity index (χ4n) is 11.5. The smallest absolute Gasteiger partial charge is 0.248 e. The minimum Gasteiger partial charge on any atom is -0.351 e. The van der Waals surface area contributed by atoms with Gasteiger partial charge in [-0.05, 0) is 141 Å². The van der Waals surface area contributed by atoms with Crippen LogP contribution in [0.2, 0.25) is 0 Å². The first-order valence-corrected chi connectivity index (χ1v) is 31.7. The summed E-state index contributed by atoms with van der Waals surface area (Å²) in [5.41, 5.74) is -1.62. The Bertz CT molecular complexity index is 2330. The van der Waals surface area contributed by atoms with Gasteiger partial charge in [0, 0.05) is 72.6 Å². The zero-order valence-corrected chi connectivity index (χ0v) is 55.7. The third-order valence-electron chi connectivity index (χ3n) is 17.6. The molecule has 0 aromatic heterocycles. The summed E-state index contributed by atoms with van der Waals surface area (Å²) >= 11 is 13.0. The van der Waals surface area contributed by atoms with Gasteiger partial charge in [0.05, 0.1) is 19.6 Å². The highest BCUT2D eigenvalue weighted by molar-refractivity contribution is 6.20. The van der Waals surface area contributed by atoms with Crippen LogP contribution in [0.25, 0.3) is 0 Å². The first kappa shape index (κ1) is 74.0. The highest BCUT2D eigenvalue weighted by atomic mass is 35.5. The standard InChI is InChI=1S/C61H105Cl2N11O11/c1-18-38(6)53-59(84)70(13)34-51(77)68(11)35-52(78)72(15)48(32-42-21-26-44(63)27-22-42)58(83)69(12)33-49(75)65-45(28-23-41-19-24-43(62)25-20-41)57(82)73(16)47(30-37(4)5)56(81)67-61(9,10)60(85)74(17)46(29-36(2)3)55(80)64-39(7)31-50(76)71(14)40(8)54(79)66-53/h36-48,53H,18-35H2,1-17H3,(H,64,80)(H,65,75)(H,66,79)(H,67,81)/t38-,39+,40-,41?,42?,43?,44?,45-,46-,47-,48-,53-/m0/s1. The molecule has 484 valence electrons. The number of nitrogens with one attached hydrogen (secondary N) is 4. The normalized spacial score (nSPS) is 29.9. The Labute approximate surface area is 517 Å². The summed E-state index contributed by atoms with van der Waals surface area (Å²) in [4.78, 5) is 166. The lowest BCUT2D eigenvalue weighted by Gasteiger charge is -2.38. The van der Waals surface area contributed by atoms with Crippen LogP contribution in [0.5, 0.6) is 0 Å². The number of rotatable bonds is 11. The Morgan fingerprint density at radius 2 is 1.02 bits per heavy atom. The summed E-state index contributed by atoms with van der Waals surface area (Å²) in [5, 5.41) is 11.5. The Morgan fingerprint density at radius 3 is 1.55 bits per heavy atom. The van der Waals surface area contributed by atoms with Gasteiger partial charge in [-0.25, -0.2) is 0 Å². The first-order chi connectivity index (χ1) is 39.5. The van der Waals surface area contributed by atoms with Crippen LogP contribution in [0.15, 0.2) is 0 Å². The van der Waals surface area contributed by atoms with Gasteiger partial charge in [-0.15, -0.1) is 23.2 Å². The lowest BCUT2D eigenvalue weighted by atomic mass is 9.84. The predicted molar refractivity (Wildman–Crippen MR) is 329 cm³/mol. The van der Waals surface area contributed by atoms with Crippen molar-refractivity contribution in [2.45, 2.75) is 224 Å². The zero-order chi connectivity index (χ0) is 64.5. The van der Waals surface area contributed by atoms with Crippen molar-refractivity contribution in [3.63, 3.8) is 0 Å². The van der Waals surface area contributed by atoms with E-state index in [2.05, 4.69) is 21.3 Å². The molecule has 24 heteroatoms. The van der Waals surface area contributed by atoms with Gasteiger partial charge in [0.2, 0.25) is 65.0 Å². The summed E-state index contributed by atoms with van der Waals surface area (Å²) in [6.07, 6.45) is 7.78. The maximum atomic E-state index is 14.9. The number of likely N-dealkylation sites (N-methyl/N-ethyl adjacent to an activating group) is 7. The summed E-state index contributed by atoms with van der Waals surface area (Å²) < 4.78 is 0. The molecule has 8 atom stereocenters. The van der Waals surface area contributed by atoms with Crippen molar-refractivity contribution in [1.82, 2.24) is 55.6 Å². The van der Waals surface area contributed by atoms with Crippen molar-refractivity contribution in [2.75, 3.05) is 69.0 Å². The van der Waals surface area contributed by atoms with Gasteiger partial charge in [0.25, 0.3) is 0 Å². The average molecular weight is 1240 g/mol. The van der Waals surface area contributed by atoms with E-state index in [-0.39, 0.29) is 66.5 Å². The van der Waals surface area contributed by atoms with Crippen molar-refractivity contribution >= 4 is 88.2 Å². The van der Waals surface area contributed by atoms with Gasteiger partial charge in [-0.1, -0.05) is 48.0 Å². The largest absolute Gasteiger partial charge is 0.351 e. The maximum absolute atomic E-state index is 14.9. The average Bonchev–Trinajstić information content (AvgIpc) is 3.63. The topological polar surface area (TPSA) is 259 Å². The second-order valence-electron chi connectivity index (χ2n) is 26.3. The number of halogens is 2. The Morgan fingerprint density at radius 1 is 0.518 bits per heavy atom. The highest BCUT2D eigenvalue weighted by Crippen LogP contribution is 2.33. The molecule has 3 aliphatic rings. The van der Waals surface area contributed by atoms with Gasteiger partial charge in [-0.3, -0.25) is 52.7 Å². The molecule has 3 fully saturated rings. The summed E-state index contributed by atoms with van der Waals surface area (Å²) in [5.74, 6) is -6.82. The molecule has 0 bridgehead atoms. The molecule has 1 heterocycles. The molecule has 2 aliphatic carbocycles. The minimum absolute atomic E-state index is 0.00750. The molecule has 0 aromatic carbocycles. The number of nitrogens with zero attached hydrogens (tertiary/aromatic N) is 7. The molecular formula is C61H105Cl2N11O11. The number of carbonyl (C=O) groups excluding carboxylic acids is 11. The number of amides is 11. The molecule has 4 N–H and O–H groups in total. The monoisotopic (exact) mass is 1240 g/mol. The molecule has 0 spiro atoms. The van der Waals surface area contributed by atoms with Crippen LogP contribution in [0.3, 0.4) is 0 Å². The van der Waals surface area contributed by atoms with E-state index < -0.39 is 138 Å². The SMILES string of the molecule is CC[C@H](C)[C@@H]1NC(=O)[C@H](C)N(C)C(=O)C[C@@H](C)NC(=O)[C@H](CC(C)C)N(C)C(=O)C(C)(C)NC(=O)[C@H](CC(C)C)N(C)C(=O)[C@H](CCC2CCC(Cl)CC2)NC(=O)CN(C)C(=O)[C@H](CC2CCC(Cl)CC2)N(C)C(=O)CN(C)C(=O)CN(C)C1=O. The van der Waals surface area contributed by atoms with Crippen LogP contribution in [-0.2, 0) is 52.7 Å². The van der Waals surface area contributed by atoms with Gasteiger partial charge >= 0.3 is 0 Å². The van der Waals surface area contributed by atoms with E-state index in [9.17, 15) is 52.7 Å². The Hall–Kier alpha value is -5.25. The molecule has 0 unspecified atom stereocenters. The fraction of sp³-hybridized carbons (Fsp3) is 0.820. The number of alkyl halides is 2. The first-order valence-electron chi connectivity index (χ1n) is 30.8. The van der Waals surface area contributed by atoms with Crippen LogP contribution < -0.4 is 21.3 Å². The van der Waals surface area contributed by atoms with E-state index in [0.29, 0.717) is 38.5 Å².